The van der Waals surface area contributed by atoms with E-state index < -0.39 is 0 Å². The summed E-state index contributed by atoms with van der Waals surface area (Å²) in [5.74, 6) is 0. The highest BCUT2D eigenvalue weighted by Gasteiger charge is 2.46. The van der Waals surface area contributed by atoms with Gasteiger partial charge in [0, 0.05) is 0 Å². The summed E-state index contributed by atoms with van der Waals surface area (Å²) in [5, 5.41) is 0. The molecule has 0 saturated heterocycles. The fraction of sp³-hybridized carbons (Fsp3) is 0.172. The molecule has 0 unspecified atom stereocenters. The molecule has 0 radical (unpaired) electrons. The van der Waals surface area contributed by atoms with Gasteiger partial charge in [-0.05, 0) is 71.2 Å². The van der Waals surface area contributed by atoms with Gasteiger partial charge in [-0.25, -0.2) is 0 Å². The fourth-order valence-electron chi connectivity index (χ4n) is 5.46. The molecular formula is C29H24. The highest BCUT2D eigenvalue weighted by atomic mass is 14.5. The number of fused-ring (bicyclic) bond motifs is 4. The standard InChI is InChI=1S/C29H24/c1-19-8-14-25-26-15-9-20(2)17-28(26)29(27(25)16-19,23-6-4-3-5-7-23)24-13-12-21-10-11-22(21)18-24/h3-9,12-18H,10-11H2,1-2H3. The first-order chi connectivity index (χ1) is 14.2. The first-order valence-electron chi connectivity index (χ1n) is 10.6. The van der Waals surface area contributed by atoms with Gasteiger partial charge in [0.25, 0.3) is 0 Å². The van der Waals surface area contributed by atoms with Crippen LogP contribution in [0.1, 0.15) is 44.5 Å². The third-order valence-corrected chi connectivity index (χ3v) is 6.96. The number of benzene rings is 4. The van der Waals surface area contributed by atoms with Crippen molar-refractivity contribution in [2.45, 2.75) is 32.1 Å². The predicted octanol–water partition coefficient (Wildman–Crippen LogP) is 6.77. The molecule has 2 aliphatic rings. The minimum absolute atomic E-state index is 0.255. The predicted molar refractivity (Wildman–Crippen MR) is 121 cm³/mol. The summed E-state index contributed by atoms with van der Waals surface area (Å²) in [4.78, 5) is 0. The maximum atomic E-state index is 2.48. The van der Waals surface area contributed by atoms with Crippen LogP contribution in [0, 0.1) is 13.8 Å². The molecule has 0 aromatic heterocycles. The Hall–Kier alpha value is -3.12. The molecular weight excluding hydrogens is 348 g/mol. The van der Waals surface area contributed by atoms with Crippen molar-refractivity contribution >= 4 is 0 Å². The Balaban J connectivity index is 1.80. The molecule has 6 rings (SSSR count). The number of hydrogen-bond donors (Lipinski definition) is 0. The second-order valence-corrected chi connectivity index (χ2v) is 8.70. The normalized spacial score (nSPS) is 15.2. The quantitative estimate of drug-likeness (QED) is 0.321. The van der Waals surface area contributed by atoms with Crippen LogP contribution in [0.15, 0.2) is 84.9 Å². The van der Waals surface area contributed by atoms with E-state index in [4.69, 9.17) is 0 Å². The van der Waals surface area contributed by atoms with Gasteiger partial charge in [-0.15, -0.1) is 0 Å². The van der Waals surface area contributed by atoms with Gasteiger partial charge in [0.15, 0.2) is 0 Å². The van der Waals surface area contributed by atoms with Crippen molar-refractivity contribution < 1.29 is 0 Å². The Morgan fingerprint density at radius 1 is 0.552 bits per heavy atom. The first kappa shape index (κ1) is 16.8. The van der Waals surface area contributed by atoms with Gasteiger partial charge in [0.1, 0.15) is 0 Å². The van der Waals surface area contributed by atoms with Gasteiger partial charge >= 0.3 is 0 Å². The van der Waals surface area contributed by atoms with Crippen LogP contribution in [0.3, 0.4) is 0 Å². The summed E-state index contributed by atoms with van der Waals surface area (Å²) >= 11 is 0. The van der Waals surface area contributed by atoms with Crippen LogP contribution in [0.2, 0.25) is 0 Å². The molecule has 0 saturated carbocycles. The maximum absolute atomic E-state index is 2.48. The number of aryl methyl sites for hydroxylation is 4. The van der Waals surface area contributed by atoms with Crippen molar-refractivity contribution in [2.24, 2.45) is 0 Å². The highest BCUT2D eigenvalue weighted by molar-refractivity contribution is 5.86. The molecule has 0 atom stereocenters. The smallest absolute Gasteiger partial charge is 0.0622 e. The van der Waals surface area contributed by atoms with Crippen molar-refractivity contribution in [1.29, 1.82) is 0 Å². The monoisotopic (exact) mass is 372 g/mol. The van der Waals surface area contributed by atoms with E-state index in [0.29, 0.717) is 0 Å². The van der Waals surface area contributed by atoms with Crippen LogP contribution in [-0.4, -0.2) is 0 Å². The second kappa shape index (κ2) is 5.94. The molecule has 4 aromatic carbocycles. The van der Waals surface area contributed by atoms with Gasteiger partial charge in [-0.1, -0.05) is 96.1 Å². The summed E-state index contributed by atoms with van der Waals surface area (Å²) < 4.78 is 0. The zero-order valence-electron chi connectivity index (χ0n) is 17.0. The fourth-order valence-corrected chi connectivity index (χ4v) is 5.46. The van der Waals surface area contributed by atoms with Gasteiger partial charge in [-0.3, -0.25) is 0 Å². The molecule has 0 heteroatoms. The topological polar surface area (TPSA) is 0 Å². The number of rotatable bonds is 2. The Bertz CT molecular complexity index is 1210. The van der Waals surface area contributed by atoms with Crippen LogP contribution in [0.5, 0.6) is 0 Å². The van der Waals surface area contributed by atoms with Crippen LogP contribution in [0.25, 0.3) is 11.1 Å². The minimum Gasteiger partial charge on any atom is -0.0622 e. The van der Waals surface area contributed by atoms with E-state index in [2.05, 4.69) is 98.8 Å². The van der Waals surface area contributed by atoms with E-state index >= 15 is 0 Å². The second-order valence-electron chi connectivity index (χ2n) is 8.70. The van der Waals surface area contributed by atoms with Crippen LogP contribution in [0.4, 0.5) is 0 Å². The van der Waals surface area contributed by atoms with E-state index in [1.807, 2.05) is 0 Å². The number of hydrogen-bond acceptors (Lipinski definition) is 0. The highest BCUT2D eigenvalue weighted by Crippen LogP contribution is 2.56. The van der Waals surface area contributed by atoms with E-state index in [-0.39, 0.29) is 5.41 Å². The van der Waals surface area contributed by atoms with Crippen molar-refractivity contribution in [1.82, 2.24) is 0 Å². The Kier molecular flexibility index (Phi) is 3.44. The van der Waals surface area contributed by atoms with Crippen LogP contribution >= 0.6 is 0 Å². The third kappa shape index (κ3) is 2.20. The summed E-state index contributed by atoms with van der Waals surface area (Å²) in [7, 11) is 0. The molecule has 29 heavy (non-hydrogen) atoms. The summed E-state index contributed by atoms with van der Waals surface area (Å²) in [6.45, 7) is 4.42. The van der Waals surface area contributed by atoms with E-state index in [0.717, 1.165) is 0 Å². The lowest BCUT2D eigenvalue weighted by molar-refractivity contribution is 0.750. The molecule has 0 nitrogen and oxygen atoms in total. The van der Waals surface area contributed by atoms with Crippen molar-refractivity contribution in [3.05, 3.63) is 129 Å². The lowest BCUT2D eigenvalue weighted by Crippen LogP contribution is -2.29. The largest absolute Gasteiger partial charge is 0.0713 e. The zero-order chi connectivity index (χ0) is 19.6. The lowest BCUT2D eigenvalue weighted by Gasteiger charge is -2.35. The molecule has 0 fully saturated rings. The SMILES string of the molecule is Cc1ccc2c(c1)C(c1ccccc1)(c1ccc3c(c1)CC3)c1cc(C)ccc1-2. The molecule has 0 heterocycles. The van der Waals surface area contributed by atoms with E-state index in [1.54, 1.807) is 0 Å². The molecule has 0 aliphatic heterocycles. The average Bonchev–Trinajstić information content (AvgIpc) is 2.99. The van der Waals surface area contributed by atoms with Crippen molar-refractivity contribution in [3.8, 4) is 11.1 Å². The Morgan fingerprint density at radius 2 is 1.17 bits per heavy atom. The zero-order valence-corrected chi connectivity index (χ0v) is 17.0. The Labute approximate surface area is 172 Å². The summed E-state index contributed by atoms with van der Waals surface area (Å²) in [6.07, 6.45) is 2.43. The minimum atomic E-state index is -0.255. The molecule has 140 valence electrons. The van der Waals surface area contributed by atoms with Gasteiger partial charge in [0.2, 0.25) is 0 Å². The summed E-state index contributed by atoms with van der Waals surface area (Å²) in [6, 6.07) is 32.3. The molecule has 0 spiro atoms. The van der Waals surface area contributed by atoms with Crippen molar-refractivity contribution in [3.63, 3.8) is 0 Å². The average molecular weight is 373 g/mol. The van der Waals surface area contributed by atoms with Gasteiger partial charge in [0.05, 0.1) is 5.41 Å². The third-order valence-electron chi connectivity index (χ3n) is 6.96. The van der Waals surface area contributed by atoms with Crippen LogP contribution in [-0.2, 0) is 18.3 Å². The first-order valence-corrected chi connectivity index (χ1v) is 10.6. The van der Waals surface area contributed by atoms with Crippen LogP contribution < -0.4 is 0 Å². The molecule has 0 N–H and O–H groups in total. The molecule has 0 bridgehead atoms. The molecule has 4 aromatic rings. The molecule has 2 aliphatic carbocycles. The summed E-state index contributed by atoms with van der Waals surface area (Å²) in [5.41, 5.74) is 13.8. The Morgan fingerprint density at radius 3 is 1.72 bits per heavy atom. The van der Waals surface area contributed by atoms with Gasteiger partial charge < -0.3 is 0 Å². The van der Waals surface area contributed by atoms with Gasteiger partial charge in [-0.2, -0.15) is 0 Å². The molecule has 0 amide bonds. The lowest BCUT2D eigenvalue weighted by atomic mass is 9.66. The maximum Gasteiger partial charge on any atom is 0.0713 e. The van der Waals surface area contributed by atoms with E-state index in [9.17, 15) is 0 Å². The van der Waals surface area contributed by atoms with Crippen molar-refractivity contribution in [2.75, 3.05) is 0 Å². The van der Waals surface area contributed by atoms with E-state index in [1.165, 1.54) is 68.5 Å².